The average molecular weight is 362 g/mol. The summed E-state index contributed by atoms with van der Waals surface area (Å²) in [5.74, 6) is 0.612. The molecule has 2 N–H and O–H groups in total. The molecule has 6 heteroatoms. The van der Waals surface area contributed by atoms with E-state index in [0.29, 0.717) is 24.4 Å². The van der Waals surface area contributed by atoms with Gasteiger partial charge in [0.1, 0.15) is 0 Å². The van der Waals surface area contributed by atoms with Crippen LogP contribution in [-0.2, 0) is 4.79 Å². The highest BCUT2D eigenvalue weighted by atomic mass is 32.2. The van der Waals surface area contributed by atoms with Crippen LogP contribution >= 0.6 is 11.8 Å². The Morgan fingerprint density at radius 2 is 1.88 bits per heavy atom. The lowest BCUT2D eigenvalue weighted by atomic mass is 9.90. The van der Waals surface area contributed by atoms with Gasteiger partial charge in [0.2, 0.25) is 5.91 Å². The van der Waals surface area contributed by atoms with Gasteiger partial charge in [0.05, 0.1) is 11.3 Å². The molecule has 0 aromatic heterocycles. The molecule has 0 aliphatic carbocycles. The van der Waals surface area contributed by atoms with Gasteiger partial charge in [-0.25, -0.2) is 0 Å². The molecule has 136 valence electrons. The molecule has 2 amide bonds. The van der Waals surface area contributed by atoms with Gasteiger partial charge in [0, 0.05) is 31.1 Å². The second kappa shape index (κ2) is 7.79. The summed E-state index contributed by atoms with van der Waals surface area (Å²) in [5, 5.41) is 0. The van der Waals surface area contributed by atoms with E-state index in [-0.39, 0.29) is 17.2 Å². The van der Waals surface area contributed by atoms with Crippen LogP contribution in [0.4, 0.5) is 0 Å². The van der Waals surface area contributed by atoms with Crippen molar-refractivity contribution in [1.82, 2.24) is 9.80 Å². The van der Waals surface area contributed by atoms with E-state index in [1.807, 2.05) is 34.1 Å². The van der Waals surface area contributed by atoms with E-state index in [4.69, 9.17) is 5.73 Å². The van der Waals surface area contributed by atoms with Crippen molar-refractivity contribution in [2.45, 2.75) is 31.1 Å². The molecule has 3 rings (SSSR count). The first kappa shape index (κ1) is 18.3. The maximum atomic E-state index is 12.9. The molecule has 1 atom stereocenters. The molecule has 25 heavy (non-hydrogen) atoms. The number of carbonyl (C=O) groups excluding carboxylic acids is 2. The third kappa shape index (κ3) is 4.18. The van der Waals surface area contributed by atoms with Crippen molar-refractivity contribution in [3.8, 4) is 0 Å². The number of carbonyl (C=O) groups is 2. The van der Waals surface area contributed by atoms with Crippen molar-refractivity contribution < 1.29 is 9.59 Å². The van der Waals surface area contributed by atoms with Crippen LogP contribution < -0.4 is 5.73 Å². The lowest BCUT2D eigenvalue weighted by Gasteiger charge is -2.23. The minimum Gasteiger partial charge on any atom is -0.342 e. The topological polar surface area (TPSA) is 66.6 Å². The molecule has 0 radical (unpaired) electrons. The van der Waals surface area contributed by atoms with Crippen LogP contribution in [0.25, 0.3) is 0 Å². The minimum atomic E-state index is 0.0173. The maximum Gasteiger partial charge on any atom is 0.255 e. The van der Waals surface area contributed by atoms with Crippen LogP contribution in [0.5, 0.6) is 0 Å². The van der Waals surface area contributed by atoms with Gasteiger partial charge in [0.25, 0.3) is 5.91 Å². The van der Waals surface area contributed by atoms with Gasteiger partial charge in [-0.3, -0.25) is 9.59 Å². The molecule has 1 aromatic rings. The third-order valence-electron chi connectivity index (χ3n) is 5.27. The van der Waals surface area contributed by atoms with Crippen LogP contribution in [0.3, 0.4) is 0 Å². The lowest BCUT2D eigenvalue weighted by molar-refractivity contribution is -0.127. The first-order valence-electron chi connectivity index (χ1n) is 9.01. The fraction of sp³-hybridized carbons (Fsp3) is 0.579. The Kier molecular flexibility index (Phi) is 5.69. The summed E-state index contributed by atoms with van der Waals surface area (Å²) in [5.41, 5.74) is 6.57. The largest absolute Gasteiger partial charge is 0.342 e. The van der Waals surface area contributed by atoms with Crippen molar-refractivity contribution in [3.05, 3.63) is 29.8 Å². The lowest BCUT2D eigenvalue weighted by Crippen LogP contribution is -2.34. The van der Waals surface area contributed by atoms with E-state index < -0.39 is 0 Å². The van der Waals surface area contributed by atoms with Crippen LogP contribution in [0.15, 0.2) is 29.2 Å². The van der Waals surface area contributed by atoms with E-state index in [1.54, 1.807) is 0 Å². The zero-order valence-electron chi connectivity index (χ0n) is 14.9. The molecule has 2 aliphatic rings. The zero-order valence-corrected chi connectivity index (χ0v) is 15.7. The van der Waals surface area contributed by atoms with Crippen LogP contribution in [0.2, 0.25) is 0 Å². The zero-order chi connectivity index (χ0) is 17.9. The second-order valence-corrected chi connectivity index (χ2v) is 8.38. The predicted molar refractivity (Wildman–Crippen MR) is 101 cm³/mol. The van der Waals surface area contributed by atoms with Gasteiger partial charge in [-0.2, -0.15) is 0 Å². The Hall–Kier alpha value is -1.53. The van der Waals surface area contributed by atoms with Crippen molar-refractivity contribution in [3.63, 3.8) is 0 Å². The number of nitrogens with two attached hydrogens (primary N) is 1. The van der Waals surface area contributed by atoms with Gasteiger partial charge in [-0.1, -0.05) is 19.1 Å². The summed E-state index contributed by atoms with van der Waals surface area (Å²) < 4.78 is 0. The van der Waals surface area contributed by atoms with Crippen molar-refractivity contribution in [2.75, 3.05) is 38.5 Å². The summed E-state index contributed by atoms with van der Waals surface area (Å²) in [7, 11) is 0. The maximum absolute atomic E-state index is 12.9. The SMILES string of the molecule is CC1(CN)CCN(C(=O)c2ccccc2SCC(=O)N2CCCC2)C1. The van der Waals surface area contributed by atoms with E-state index in [0.717, 1.165) is 43.8 Å². The van der Waals surface area contributed by atoms with E-state index in [2.05, 4.69) is 6.92 Å². The number of rotatable bonds is 5. The summed E-state index contributed by atoms with van der Waals surface area (Å²) in [4.78, 5) is 29.9. The quantitative estimate of drug-likeness (QED) is 0.817. The Balaban J connectivity index is 1.66. The molecule has 2 saturated heterocycles. The highest BCUT2D eigenvalue weighted by Gasteiger charge is 2.35. The van der Waals surface area contributed by atoms with Crippen molar-refractivity contribution in [1.29, 1.82) is 0 Å². The number of amides is 2. The highest BCUT2D eigenvalue weighted by molar-refractivity contribution is 8.00. The Morgan fingerprint density at radius 1 is 1.16 bits per heavy atom. The molecule has 0 saturated carbocycles. The van der Waals surface area contributed by atoms with Crippen LogP contribution in [-0.4, -0.2) is 60.1 Å². The molecule has 2 fully saturated rings. The van der Waals surface area contributed by atoms with Gasteiger partial charge < -0.3 is 15.5 Å². The second-order valence-electron chi connectivity index (χ2n) is 7.36. The third-order valence-corrected chi connectivity index (χ3v) is 6.32. The molecule has 1 aromatic carbocycles. The number of nitrogens with zero attached hydrogens (tertiary/aromatic N) is 2. The Labute approximate surface area is 153 Å². The van der Waals surface area contributed by atoms with Gasteiger partial charge in [0.15, 0.2) is 0 Å². The van der Waals surface area contributed by atoms with Gasteiger partial charge in [-0.05, 0) is 43.4 Å². The fourth-order valence-electron chi connectivity index (χ4n) is 3.50. The number of likely N-dealkylation sites (tertiary alicyclic amines) is 2. The first-order valence-corrected chi connectivity index (χ1v) is 10.00. The molecule has 2 aliphatic heterocycles. The number of thioether (sulfide) groups is 1. The summed E-state index contributed by atoms with van der Waals surface area (Å²) in [6.07, 6.45) is 3.14. The molecule has 1 unspecified atom stereocenters. The van der Waals surface area contributed by atoms with Gasteiger partial charge in [-0.15, -0.1) is 11.8 Å². The van der Waals surface area contributed by atoms with E-state index in [9.17, 15) is 9.59 Å². The van der Waals surface area contributed by atoms with Crippen molar-refractivity contribution >= 4 is 23.6 Å². The molecule has 0 spiro atoms. The van der Waals surface area contributed by atoms with Crippen LogP contribution in [0, 0.1) is 5.41 Å². The number of hydrogen-bond acceptors (Lipinski definition) is 4. The average Bonchev–Trinajstić information content (AvgIpc) is 3.30. The monoisotopic (exact) mass is 361 g/mol. The minimum absolute atomic E-state index is 0.0173. The van der Waals surface area contributed by atoms with Gasteiger partial charge >= 0.3 is 0 Å². The smallest absolute Gasteiger partial charge is 0.255 e. The normalized spacial score (nSPS) is 23.3. The molecule has 5 nitrogen and oxygen atoms in total. The standard InChI is InChI=1S/C19H27N3O2S/c1-19(13-20)8-11-22(14-19)18(24)15-6-2-3-7-16(15)25-12-17(23)21-9-4-5-10-21/h2-3,6-7H,4-5,8-14,20H2,1H3. The predicted octanol–water partition coefficient (Wildman–Crippen LogP) is 2.21. The molecular weight excluding hydrogens is 334 g/mol. The fourth-order valence-corrected chi connectivity index (χ4v) is 4.45. The molecule has 2 heterocycles. The van der Waals surface area contributed by atoms with E-state index in [1.165, 1.54) is 11.8 Å². The highest BCUT2D eigenvalue weighted by Crippen LogP contribution is 2.31. The van der Waals surface area contributed by atoms with Crippen LogP contribution in [0.1, 0.15) is 36.5 Å². The molecule has 0 bridgehead atoms. The summed E-state index contributed by atoms with van der Waals surface area (Å²) >= 11 is 1.47. The first-order chi connectivity index (χ1) is 12.0. The summed E-state index contributed by atoms with van der Waals surface area (Å²) in [6, 6.07) is 7.61. The Morgan fingerprint density at radius 3 is 2.56 bits per heavy atom. The Bertz CT molecular complexity index is 645. The number of hydrogen-bond donors (Lipinski definition) is 1. The number of benzene rings is 1. The summed E-state index contributed by atoms with van der Waals surface area (Å²) in [6.45, 7) is 5.91. The van der Waals surface area contributed by atoms with Crippen molar-refractivity contribution in [2.24, 2.45) is 11.1 Å². The molecular formula is C19H27N3O2S. The van der Waals surface area contributed by atoms with E-state index >= 15 is 0 Å².